The molecule has 0 spiro atoms. The van der Waals surface area contributed by atoms with Gasteiger partial charge in [0.25, 0.3) is 10.8 Å². The van der Waals surface area contributed by atoms with Crippen molar-refractivity contribution in [3.8, 4) is 11.8 Å². The van der Waals surface area contributed by atoms with E-state index >= 15 is 0 Å². The average molecular weight is 322 g/mol. The van der Waals surface area contributed by atoms with Gasteiger partial charge in [-0.1, -0.05) is 0 Å². The van der Waals surface area contributed by atoms with Crippen molar-refractivity contribution in [3.05, 3.63) is 61.7 Å². The molecule has 2 aromatic rings. The van der Waals surface area contributed by atoms with Crippen LogP contribution in [0.3, 0.4) is 0 Å². The summed E-state index contributed by atoms with van der Waals surface area (Å²) in [4.78, 5) is 35.5. The van der Waals surface area contributed by atoms with E-state index in [4.69, 9.17) is 16.9 Å². The molecule has 0 atom stereocenters. The molecule has 0 saturated carbocycles. The summed E-state index contributed by atoms with van der Waals surface area (Å²) >= 11 is 5.35. The Balaban J connectivity index is 2.92. The number of carbonyl (C=O) groups excluding carboxylic acids is 1. The standard InChI is InChI=1S/C14H9ClFN3O3/c1-7-3-12(20)19(14(22)18(7)2)11-5-9(13(15)21)8(6-17)4-10(11)16/h3-5H,1-2H3. The zero-order chi connectivity index (χ0) is 16.6. The maximum atomic E-state index is 14.1. The molecule has 0 aliphatic heterocycles. The highest BCUT2D eigenvalue weighted by Gasteiger charge is 2.18. The Hall–Kier alpha value is -2.72. The van der Waals surface area contributed by atoms with Crippen molar-refractivity contribution in [2.45, 2.75) is 6.92 Å². The van der Waals surface area contributed by atoms with E-state index in [1.54, 1.807) is 13.0 Å². The van der Waals surface area contributed by atoms with E-state index in [-0.39, 0.29) is 11.1 Å². The lowest BCUT2D eigenvalue weighted by molar-refractivity contribution is 0.108. The van der Waals surface area contributed by atoms with Gasteiger partial charge in [-0.15, -0.1) is 0 Å². The van der Waals surface area contributed by atoms with Gasteiger partial charge in [0.2, 0.25) is 0 Å². The van der Waals surface area contributed by atoms with Crippen LogP contribution in [0, 0.1) is 24.1 Å². The number of halogens is 2. The molecule has 2 rings (SSSR count). The van der Waals surface area contributed by atoms with E-state index in [0.717, 1.165) is 22.8 Å². The molecule has 1 aromatic carbocycles. The van der Waals surface area contributed by atoms with Crippen LogP contribution in [0.4, 0.5) is 4.39 Å². The molecule has 0 aliphatic rings. The lowest BCUT2D eigenvalue weighted by Crippen LogP contribution is -2.38. The van der Waals surface area contributed by atoms with Crippen molar-refractivity contribution in [3.63, 3.8) is 0 Å². The molecule has 0 N–H and O–H groups in total. The van der Waals surface area contributed by atoms with E-state index in [0.29, 0.717) is 10.3 Å². The molecule has 6 nitrogen and oxygen atoms in total. The molecule has 0 unspecified atom stereocenters. The van der Waals surface area contributed by atoms with Gasteiger partial charge in [0.1, 0.15) is 11.9 Å². The Bertz CT molecular complexity index is 954. The van der Waals surface area contributed by atoms with Crippen LogP contribution in [-0.2, 0) is 7.05 Å². The summed E-state index contributed by atoms with van der Waals surface area (Å²) in [5, 5.41) is 7.89. The Morgan fingerprint density at radius 2 is 1.95 bits per heavy atom. The van der Waals surface area contributed by atoms with Crippen molar-refractivity contribution in [2.24, 2.45) is 7.05 Å². The molecule has 0 bridgehead atoms. The Kier molecular flexibility index (Phi) is 3.97. The van der Waals surface area contributed by atoms with Gasteiger partial charge in [-0.05, 0) is 30.7 Å². The third-order valence-electron chi connectivity index (χ3n) is 3.22. The molecule has 0 aliphatic carbocycles. The SMILES string of the molecule is Cc1cc(=O)n(-c2cc(C(=O)Cl)c(C#N)cc2F)c(=O)n1C. The fraction of sp³-hybridized carbons (Fsp3) is 0.143. The molecular formula is C14H9ClFN3O3. The average Bonchev–Trinajstić information content (AvgIpc) is 2.45. The highest BCUT2D eigenvalue weighted by atomic mass is 35.5. The summed E-state index contributed by atoms with van der Waals surface area (Å²) < 4.78 is 15.9. The topological polar surface area (TPSA) is 84.9 Å². The fourth-order valence-electron chi connectivity index (χ4n) is 1.95. The summed E-state index contributed by atoms with van der Waals surface area (Å²) in [7, 11) is 1.42. The number of benzene rings is 1. The van der Waals surface area contributed by atoms with Crippen LogP contribution in [0.1, 0.15) is 21.6 Å². The van der Waals surface area contributed by atoms with E-state index in [1.807, 2.05) is 0 Å². The third kappa shape index (κ3) is 2.44. The number of hydrogen-bond acceptors (Lipinski definition) is 4. The molecule has 8 heteroatoms. The molecule has 22 heavy (non-hydrogen) atoms. The summed E-state index contributed by atoms with van der Waals surface area (Å²) in [6, 6.07) is 4.46. The number of nitrogens with zero attached hydrogens (tertiary/aromatic N) is 3. The van der Waals surface area contributed by atoms with Gasteiger partial charge in [-0.25, -0.2) is 13.8 Å². The smallest absolute Gasteiger partial charge is 0.301 e. The first-order valence-corrected chi connectivity index (χ1v) is 6.39. The van der Waals surface area contributed by atoms with Crippen LogP contribution in [0.25, 0.3) is 5.69 Å². The van der Waals surface area contributed by atoms with E-state index in [2.05, 4.69) is 0 Å². The van der Waals surface area contributed by atoms with Crippen molar-refractivity contribution < 1.29 is 9.18 Å². The van der Waals surface area contributed by atoms with E-state index in [9.17, 15) is 18.8 Å². The fourth-order valence-corrected chi connectivity index (χ4v) is 2.10. The zero-order valence-electron chi connectivity index (χ0n) is 11.6. The highest BCUT2D eigenvalue weighted by Crippen LogP contribution is 2.19. The Labute approximate surface area is 128 Å². The number of nitriles is 1. The molecule has 1 heterocycles. The second-order valence-corrected chi connectivity index (χ2v) is 4.88. The number of rotatable bonds is 2. The molecule has 0 amide bonds. The summed E-state index contributed by atoms with van der Waals surface area (Å²) in [6.45, 7) is 1.55. The van der Waals surface area contributed by atoms with Crippen LogP contribution in [-0.4, -0.2) is 14.4 Å². The first-order valence-electron chi connectivity index (χ1n) is 6.01. The maximum absolute atomic E-state index is 14.1. The predicted molar refractivity (Wildman–Crippen MR) is 76.9 cm³/mol. The van der Waals surface area contributed by atoms with Gasteiger partial charge >= 0.3 is 5.69 Å². The van der Waals surface area contributed by atoms with Crippen LogP contribution in [0.15, 0.2) is 27.8 Å². The van der Waals surface area contributed by atoms with Gasteiger partial charge in [-0.2, -0.15) is 5.26 Å². The van der Waals surface area contributed by atoms with Gasteiger partial charge in [0.15, 0.2) is 0 Å². The largest absolute Gasteiger partial charge is 0.335 e. The minimum Gasteiger partial charge on any atom is -0.301 e. The predicted octanol–water partition coefficient (Wildman–Crippen LogP) is 1.23. The number of carbonyl (C=O) groups is 1. The van der Waals surface area contributed by atoms with Gasteiger partial charge in [0.05, 0.1) is 16.8 Å². The van der Waals surface area contributed by atoms with Gasteiger partial charge < -0.3 is 4.57 Å². The van der Waals surface area contributed by atoms with Crippen LogP contribution >= 0.6 is 11.6 Å². The number of hydrogen-bond donors (Lipinski definition) is 0. The second-order valence-electron chi connectivity index (χ2n) is 4.54. The van der Waals surface area contributed by atoms with Gasteiger partial charge in [0, 0.05) is 18.8 Å². The van der Waals surface area contributed by atoms with Crippen LogP contribution in [0.2, 0.25) is 0 Å². The molecule has 112 valence electrons. The Morgan fingerprint density at radius 1 is 1.32 bits per heavy atom. The van der Waals surface area contributed by atoms with Crippen molar-refractivity contribution in [1.82, 2.24) is 9.13 Å². The van der Waals surface area contributed by atoms with Crippen molar-refractivity contribution >= 4 is 16.8 Å². The highest BCUT2D eigenvalue weighted by molar-refractivity contribution is 6.68. The zero-order valence-corrected chi connectivity index (χ0v) is 12.3. The molecule has 0 saturated heterocycles. The minimum atomic E-state index is -0.991. The quantitative estimate of drug-likeness (QED) is 0.779. The third-order valence-corrected chi connectivity index (χ3v) is 3.42. The van der Waals surface area contributed by atoms with Crippen molar-refractivity contribution in [1.29, 1.82) is 5.26 Å². The van der Waals surface area contributed by atoms with Crippen LogP contribution < -0.4 is 11.2 Å². The number of aryl methyl sites for hydroxylation is 1. The Morgan fingerprint density at radius 3 is 2.50 bits per heavy atom. The molecule has 1 aromatic heterocycles. The minimum absolute atomic E-state index is 0.279. The first-order chi connectivity index (χ1) is 10.3. The summed E-state index contributed by atoms with van der Waals surface area (Å²) in [6.07, 6.45) is 0. The van der Waals surface area contributed by atoms with Crippen LogP contribution in [0.5, 0.6) is 0 Å². The maximum Gasteiger partial charge on any atom is 0.335 e. The number of aromatic nitrogens is 2. The summed E-state index contributed by atoms with van der Waals surface area (Å²) in [5.41, 5.74) is -2.13. The second kappa shape index (κ2) is 5.58. The van der Waals surface area contributed by atoms with E-state index < -0.39 is 28.0 Å². The lowest BCUT2D eigenvalue weighted by atomic mass is 10.1. The molecule has 0 fully saturated rings. The van der Waals surface area contributed by atoms with Crippen molar-refractivity contribution in [2.75, 3.05) is 0 Å². The van der Waals surface area contributed by atoms with Gasteiger partial charge in [-0.3, -0.25) is 9.59 Å². The lowest BCUT2D eigenvalue weighted by Gasteiger charge is -2.11. The van der Waals surface area contributed by atoms with E-state index in [1.165, 1.54) is 7.05 Å². The normalized spacial score (nSPS) is 10.3. The molecular weight excluding hydrogens is 313 g/mol. The first kappa shape index (κ1) is 15.7. The summed E-state index contributed by atoms with van der Waals surface area (Å²) in [5.74, 6) is -0.985. The monoisotopic (exact) mass is 321 g/mol. The molecule has 0 radical (unpaired) electrons.